The normalized spacial score (nSPS) is 26.9. The van der Waals surface area contributed by atoms with Gasteiger partial charge < -0.3 is 9.84 Å². The number of benzene rings is 2. The Kier molecular flexibility index (Phi) is 5.88. The van der Waals surface area contributed by atoms with Crippen LogP contribution in [-0.4, -0.2) is 46.5 Å². The Bertz CT molecular complexity index is 979. The van der Waals surface area contributed by atoms with Crippen LogP contribution in [0, 0.1) is 5.92 Å². The molecule has 0 saturated carbocycles. The van der Waals surface area contributed by atoms with Gasteiger partial charge in [-0.2, -0.15) is 10.1 Å². The number of hydrogen-bond donors (Lipinski definition) is 4. The second-order valence-electron chi connectivity index (χ2n) is 7.52. The average molecular weight is 423 g/mol. The number of esters is 1. The van der Waals surface area contributed by atoms with Crippen LogP contribution in [0.3, 0.4) is 0 Å². The Hall–Kier alpha value is -3.43. The van der Waals surface area contributed by atoms with Crippen LogP contribution < -0.4 is 16.2 Å². The molecule has 0 aliphatic carbocycles. The molecule has 0 bridgehead atoms. The molecule has 0 spiro atoms. The Balaban J connectivity index is 1.69. The highest BCUT2D eigenvalue weighted by Crippen LogP contribution is 2.37. The molecule has 4 unspecified atom stereocenters. The summed E-state index contributed by atoms with van der Waals surface area (Å²) in [6.45, 7) is 3.94. The molecule has 2 aliphatic rings. The van der Waals surface area contributed by atoms with E-state index in [0.717, 1.165) is 11.3 Å². The van der Waals surface area contributed by atoms with E-state index in [0.29, 0.717) is 0 Å². The maximum Gasteiger partial charge on any atom is 0.323 e. The zero-order valence-electron chi connectivity index (χ0n) is 17.3. The van der Waals surface area contributed by atoms with Gasteiger partial charge in [0.25, 0.3) is 5.91 Å². The van der Waals surface area contributed by atoms with Crippen molar-refractivity contribution in [2.45, 2.75) is 32.1 Å². The van der Waals surface area contributed by atoms with E-state index in [1.54, 1.807) is 36.2 Å². The number of aromatic hydroxyl groups is 1. The second kappa shape index (κ2) is 8.75. The first-order valence-corrected chi connectivity index (χ1v) is 10.2. The molecule has 4 N–H and O–H groups in total. The molecule has 1 amide bonds. The van der Waals surface area contributed by atoms with Crippen LogP contribution in [0.2, 0.25) is 0 Å². The van der Waals surface area contributed by atoms with Gasteiger partial charge in [0.15, 0.2) is 5.71 Å². The van der Waals surface area contributed by atoms with Gasteiger partial charge in [-0.05, 0) is 36.8 Å². The molecule has 2 aliphatic heterocycles. The van der Waals surface area contributed by atoms with Crippen molar-refractivity contribution in [3.05, 3.63) is 60.2 Å². The summed E-state index contributed by atoms with van der Waals surface area (Å²) in [5, 5.41) is 19.0. The fourth-order valence-electron chi connectivity index (χ4n) is 4.04. The lowest BCUT2D eigenvalue weighted by atomic mass is 9.85. The quantitative estimate of drug-likeness (QED) is 0.428. The molecular weight excluding hydrogens is 398 g/mol. The highest BCUT2D eigenvalue weighted by molar-refractivity contribution is 6.42. The molecule has 2 saturated heterocycles. The van der Waals surface area contributed by atoms with Gasteiger partial charge >= 0.3 is 5.97 Å². The highest BCUT2D eigenvalue weighted by atomic mass is 16.5. The molecule has 2 fully saturated rings. The number of rotatable bonds is 5. The number of carbonyl (C=O) groups excluding carboxylic acids is 2. The Morgan fingerprint density at radius 1 is 1.19 bits per heavy atom. The number of ether oxygens (including phenoxy) is 1. The first-order chi connectivity index (χ1) is 15.0. The van der Waals surface area contributed by atoms with Crippen molar-refractivity contribution in [1.29, 1.82) is 0 Å². The number of hydrazone groups is 1. The van der Waals surface area contributed by atoms with Gasteiger partial charge in [-0.25, -0.2) is 0 Å². The number of amides is 1. The minimum Gasteiger partial charge on any atom is -0.508 e. The monoisotopic (exact) mass is 423 g/mol. The smallest absolute Gasteiger partial charge is 0.323 e. The van der Waals surface area contributed by atoms with Crippen LogP contribution in [0.1, 0.15) is 25.5 Å². The molecule has 0 radical (unpaired) electrons. The number of hydrazine groups is 1. The predicted octanol–water partition coefficient (Wildman–Crippen LogP) is 1.75. The third-order valence-corrected chi connectivity index (χ3v) is 5.52. The van der Waals surface area contributed by atoms with Gasteiger partial charge in [-0.1, -0.05) is 37.3 Å². The Morgan fingerprint density at radius 2 is 1.90 bits per heavy atom. The number of nitrogens with one attached hydrogen (secondary N) is 3. The van der Waals surface area contributed by atoms with E-state index in [1.807, 2.05) is 37.3 Å². The minimum atomic E-state index is -0.645. The van der Waals surface area contributed by atoms with Crippen molar-refractivity contribution < 1.29 is 19.4 Å². The minimum absolute atomic E-state index is 0.142. The van der Waals surface area contributed by atoms with E-state index in [4.69, 9.17) is 4.74 Å². The van der Waals surface area contributed by atoms with Crippen LogP contribution in [0.5, 0.6) is 5.75 Å². The van der Waals surface area contributed by atoms with Gasteiger partial charge in [0.1, 0.15) is 18.0 Å². The van der Waals surface area contributed by atoms with E-state index in [9.17, 15) is 14.7 Å². The Morgan fingerprint density at radius 3 is 2.58 bits per heavy atom. The number of carbonyl (C=O) groups is 2. The highest BCUT2D eigenvalue weighted by Gasteiger charge is 2.52. The summed E-state index contributed by atoms with van der Waals surface area (Å²) >= 11 is 0. The fourth-order valence-corrected chi connectivity index (χ4v) is 4.04. The average Bonchev–Trinajstić information content (AvgIpc) is 3.08. The lowest BCUT2D eigenvalue weighted by molar-refractivity contribution is -0.151. The van der Waals surface area contributed by atoms with Crippen molar-refractivity contribution in [3.63, 3.8) is 0 Å². The standard InChI is InChI=1S/C22H25N5O4/c1-3-31-22(30)17-13(2)19(14-9-11-16(28)12-10-14)27-20(23-17)18(21(29)26-27)25-24-15-7-5-4-6-8-15/h4-13,17,19-20,23-24,28H,3H2,1-2H3,(H,26,29). The molecule has 2 aromatic rings. The second-order valence-corrected chi connectivity index (χ2v) is 7.52. The van der Waals surface area contributed by atoms with Crippen molar-refractivity contribution in [2.75, 3.05) is 12.0 Å². The zero-order valence-corrected chi connectivity index (χ0v) is 17.3. The van der Waals surface area contributed by atoms with E-state index in [1.165, 1.54) is 0 Å². The maximum absolute atomic E-state index is 12.8. The van der Waals surface area contributed by atoms with Gasteiger partial charge in [-0.15, -0.1) is 0 Å². The number of anilines is 1. The SMILES string of the molecule is CCOC(=O)C1NC2C(=NNc3ccccc3)C(=O)NN2C(c2ccc(O)cc2)C1C. The Labute approximate surface area is 180 Å². The van der Waals surface area contributed by atoms with E-state index >= 15 is 0 Å². The van der Waals surface area contributed by atoms with Gasteiger partial charge in [-0.3, -0.25) is 25.8 Å². The van der Waals surface area contributed by atoms with Crippen molar-refractivity contribution in [1.82, 2.24) is 15.8 Å². The number of fused-ring (bicyclic) bond motifs is 1. The number of phenolic OH excluding ortho intramolecular Hbond substituents is 1. The zero-order chi connectivity index (χ0) is 22.0. The maximum atomic E-state index is 12.8. The molecule has 9 nitrogen and oxygen atoms in total. The molecule has 2 aromatic carbocycles. The third kappa shape index (κ3) is 4.10. The summed E-state index contributed by atoms with van der Waals surface area (Å²) in [5.41, 5.74) is 7.58. The van der Waals surface area contributed by atoms with Crippen LogP contribution in [0.4, 0.5) is 5.69 Å². The molecule has 162 valence electrons. The van der Waals surface area contributed by atoms with Crippen LogP contribution in [0.25, 0.3) is 0 Å². The lowest BCUT2D eigenvalue weighted by Crippen LogP contribution is -2.64. The number of phenols is 1. The predicted molar refractivity (Wildman–Crippen MR) is 115 cm³/mol. The third-order valence-electron chi connectivity index (χ3n) is 5.52. The topological polar surface area (TPSA) is 115 Å². The summed E-state index contributed by atoms with van der Waals surface area (Å²) < 4.78 is 5.27. The van der Waals surface area contributed by atoms with Crippen LogP contribution >= 0.6 is 0 Å². The first-order valence-electron chi connectivity index (χ1n) is 10.2. The van der Waals surface area contributed by atoms with E-state index in [2.05, 4.69) is 21.3 Å². The largest absolute Gasteiger partial charge is 0.508 e. The first kappa shape index (κ1) is 20.8. The summed E-state index contributed by atoms with van der Waals surface area (Å²) in [6.07, 6.45) is -0.645. The molecule has 4 atom stereocenters. The molecular formula is C22H25N5O4. The van der Waals surface area contributed by atoms with E-state index < -0.39 is 12.2 Å². The van der Waals surface area contributed by atoms with Gasteiger partial charge in [0.05, 0.1) is 18.3 Å². The molecule has 9 heteroatoms. The van der Waals surface area contributed by atoms with Crippen LogP contribution in [0.15, 0.2) is 59.7 Å². The summed E-state index contributed by atoms with van der Waals surface area (Å²) in [6, 6.07) is 15.0. The molecule has 2 heterocycles. The van der Waals surface area contributed by atoms with E-state index in [-0.39, 0.29) is 41.9 Å². The van der Waals surface area contributed by atoms with Crippen molar-refractivity contribution >= 4 is 23.3 Å². The summed E-state index contributed by atoms with van der Waals surface area (Å²) in [7, 11) is 0. The van der Waals surface area contributed by atoms with Gasteiger partial charge in [0.2, 0.25) is 0 Å². The number of para-hydroxylation sites is 1. The lowest BCUT2D eigenvalue weighted by Gasteiger charge is -2.44. The number of nitrogens with zero attached hydrogens (tertiary/aromatic N) is 2. The van der Waals surface area contributed by atoms with Crippen LogP contribution in [-0.2, 0) is 14.3 Å². The fraction of sp³-hybridized carbons (Fsp3) is 0.318. The number of hydrogen-bond acceptors (Lipinski definition) is 8. The molecule has 0 aromatic heterocycles. The van der Waals surface area contributed by atoms with Crippen molar-refractivity contribution in [3.8, 4) is 5.75 Å². The summed E-state index contributed by atoms with van der Waals surface area (Å²) in [4.78, 5) is 25.5. The van der Waals surface area contributed by atoms with Crippen molar-refractivity contribution in [2.24, 2.45) is 11.0 Å². The molecule has 4 rings (SSSR count). The molecule has 31 heavy (non-hydrogen) atoms. The van der Waals surface area contributed by atoms with Gasteiger partial charge in [0, 0.05) is 5.92 Å². The summed E-state index contributed by atoms with van der Waals surface area (Å²) in [5.74, 6) is -0.834.